The van der Waals surface area contributed by atoms with Gasteiger partial charge < -0.3 is 16.0 Å². The summed E-state index contributed by atoms with van der Waals surface area (Å²) in [4.78, 5) is 20.3. The van der Waals surface area contributed by atoms with Crippen molar-refractivity contribution in [1.82, 2.24) is 9.97 Å². The predicted molar refractivity (Wildman–Crippen MR) is 108 cm³/mol. The van der Waals surface area contributed by atoms with Crippen LogP contribution in [0.4, 0.5) is 5.69 Å². The number of hydrogen-bond donors (Lipinski definition) is 3. The summed E-state index contributed by atoms with van der Waals surface area (Å²) < 4.78 is 0. The molecule has 0 saturated heterocycles. The van der Waals surface area contributed by atoms with Crippen LogP contribution in [0.5, 0.6) is 0 Å². The molecule has 1 aliphatic rings. The number of nitrogens with two attached hydrogens (primary N) is 1. The fraction of sp³-hybridized carbons (Fsp3) is 0.556. The van der Waals surface area contributed by atoms with E-state index in [1.54, 1.807) is 0 Å². The van der Waals surface area contributed by atoms with Crippen molar-refractivity contribution in [1.29, 1.82) is 0 Å². The maximum absolute atomic E-state index is 12.4. The van der Waals surface area contributed by atoms with Gasteiger partial charge in [0.05, 0.1) is 11.0 Å². The number of halogens is 2. The van der Waals surface area contributed by atoms with Gasteiger partial charge in [-0.15, -0.1) is 24.8 Å². The highest BCUT2D eigenvalue weighted by atomic mass is 35.5. The van der Waals surface area contributed by atoms with E-state index in [0.29, 0.717) is 0 Å². The number of benzene rings is 1. The maximum Gasteiger partial charge on any atom is 0.227 e. The SMILES string of the molecule is CCCCc1nc2ccc(NC(=O)C3CCCC(N)C3)cc2[nH]1.Cl.Cl. The molecule has 1 saturated carbocycles. The number of aryl methyl sites for hydroxylation is 1. The Morgan fingerprint density at radius 1 is 1.36 bits per heavy atom. The molecule has 2 unspecified atom stereocenters. The molecule has 1 aromatic carbocycles. The highest BCUT2D eigenvalue weighted by molar-refractivity contribution is 5.94. The Bertz CT molecular complexity index is 689. The number of rotatable bonds is 5. The van der Waals surface area contributed by atoms with Crippen molar-refractivity contribution in [2.75, 3.05) is 5.32 Å². The summed E-state index contributed by atoms with van der Waals surface area (Å²) in [5, 5.41) is 3.03. The van der Waals surface area contributed by atoms with Gasteiger partial charge in [0.25, 0.3) is 0 Å². The Hall–Kier alpha value is -1.30. The normalized spacial score (nSPS) is 19.8. The standard InChI is InChI=1S/C18H26N4O.2ClH/c1-2-3-7-17-21-15-9-8-14(11-16(15)22-17)20-18(23)12-5-4-6-13(19)10-12;;/h8-9,11-13H,2-7,10,19H2,1H3,(H,20,23)(H,21,22);2*1H. The molecule has 1 amide bonds. The largest absolute Gasteiger partial charge is 0.342 e. The minimum Gasteiger partial charge on any atom is -0.342 e. The van der Waals surface area contributed by atoms with E-state index in [2.05, 4.69) is 22.2 Å². The third-order valence-corrected chi connectivity index (χ3v) is 4.65. The monoisotopic (exact) mass is 386 g/mol. The van der Waals surface area contributed by atoms with Crippen molar-refractivity contribution >= 4 is 47.4 Å². The molecule has 1 heterocycles. The maximum atomic E-state index is 12.4. The van der Waals surface area contributed by atoms with E-state index in [-0.39, 0.29) is 42.7 Å². The zero-order valence-electron chi connectivity index (χ0n) is 14.6. The number of nitrogens with zero attached hydrogens (tertiary/aromatic N) is 1. The third kappa shape index (κ3) is 5.59. The molecule has 25 heavy (non-hydrogen) atoms. The molecule has 0 aliphatic heterocycles. The minimum atomic E-state index is 0. The minimum absolute atomic E-state index is 0. The van der Waals surface area contributed by atoms with Gasteiger partial charge in [0.15, 0.2) is 0 Å². The van der Waals surface area contributed by atoms with Crippen LogP contribution in [-0.2, 0) is 11.2 Å². The quantitative estimate of drug-likeness (QED) is 0.719. The van der Waals surface area contributed by atoms with Crippen LogP contribution in [0.25, 0.3) is 11.0 Å². The number of H-pyrrole nitrogens is 1. The lowest BCUT2D eigenvalue weighted by Crippen LogP contribution is -2.34. The molecule has 2 aromatic rings. The molecule has 5 nitrogen and oxygen atoms in total. The highest BCUT2D eigenvalue weighted by Gasteiger charge is 2.25. The van der Waals surface area contributed by atoms with Crippen LogP contribution in [0.1, 0.15) is 51.3 Å². The van der Waals surface area contributed by atoms with Gasteiger partial charge in [-0.05, 0) is 43.9 Å². The van der Waals surface area contributed by atoms with Gasteiger partial charge in [-0.25, -0.2) is 4.98 Å². The first-order valence-electron chi connectivity index (χ1n) is 8.71. The van der Waals surface area contributed by atoms with Crippen molar-refractivity contribution in [3.63, 3.8) is 0 Å². The van der Waals surface area contributed by atoms with Gasteiger partial charge in [-0.2, -0.15) is 0 Å². The second-order valence-electron chi connectivity index (χ2n) is 6.63. The first kappa shape index (κ1) is 21.7. The van der Waals surface area contributed by atoms with Gasteiger partial charge in [-0.1, -0.05) is 19.8 Å². The number of amides is 1. The zero-order chi connectivity index (χ0) is 16.2. The second kappa shape index (κ2) is 10.00. The van der Waals surface area contributed by atoms with Crippen LogP contribution < -0.4 is 11.1 Å². The summed E-state index contributed by atoms with van der Waals surface area (Å²) in [6.07, 6.45) is 7.05. The van der Waals surface area contributed by atoms with Crippen LogP contribution in [0.3, 0.4) is 0 Å². The molecular formula is C18H28Cl2N4O. The molecular weight excluding hydrogens is 359 g/mol. The van der Waals surface area contributed by atoms with E-state index in [1.165, 1.54) is 0 Å². The van der Waals surface area contributed by atoms with Crippen LogP contribution in [0.15, 0.2) is 18.2 Å². The molecule has 0 spiro atoms. The Morgan fingerprint density at radius 2 is 2.16 bits per heavy atom. The number of imidazole rings is 1. The summed E-state index contributed by atoms with van der Waals surface area (Å²) in [7, 11) is 0. The number of carbonyl (C=O) groups is 1. The van der Waals surface area contributed by atoms with E-state index in [9.17, 15) is 4.79 Å². The molecule has 1 fully saturated rings. The Balaban J connectivity index is 0.00000156. The molecule has 2 atom stereocenters. The smallest absolute Gasteiger partial charge is 0.227 e. The first-order valence-corrected chi connectivity index (χ1v) is 8.71. The number of hydrogen-bond acceptors (Lipinski definition) is 3. The summed E-state index contributed by atoms with van der Waals surface area (Å²) in [6, 6.07) is 6.02. The van der Waals surface area contributed by atoms with E-state index >= 15 is 0 Å². The highest BCUT2D eigenvalue weighted by Crippen LogP contribution is 2.25. The number of fused-ring (bicyclic) bond motifs is 1. The Kier molecular flexibility index (Phi) is 8.69. The number of unbranched alkanes of at least 4 members (excludes halogenated alkanes) is 1. The topological polar surface area (TPSA) is 83.8 Å². The number of aromatic nitrogens is 2. The number of anilines is 1. The van der Waals surface area contributed by atoms with E-state index in [0.717, 1.165) is 67.5 Å². The van der Waals surface area contributed by atoms with E-state index in [4.69, 9.17) is 5.73 Å². The van der Waals surface area contributed by atoms with Crippen molar-refractivity contribution in [3.05, 3.63) is 24.0 Å². The lowest BCUT2D eigenvalue weighted by Gasteiger charge is -2.25. The molecule has 0 bridgehead atoms. The molecule has 7 heteroatoms. The van der Waals surface area contributed by atoms with Crippen LogP contribution in [0, 0.1) is 5.92 Å². The average Bonchev–Trinajstić information content (AvgIpc) is 2.95. The molecule has 0 radical (unpaired) electrons. The summed E-state index contributed by atoms with van der Waals surface area (Å²) >= 11 is 0. The van der Waals surface area contributed by atoms with Crippen molar-refractivity contribution in [3.8, 4) is 0 Å². The summed E-state index contributed by atoms with van der Waals surface area (Å²) in [6.45, 7) is 2.17. The predicted octanol–water partition coefficient (Wildman–Crippen LogP) is 4.21. The van der Waals surface area contributed by atoms with Crippen LogP contribution in [-0.4, -0.2) is 21.9 Å². The lowest BCUT2D eigenvalue weighted by molar-refractivity contribution is -0.120. The second-order valence-corrected chi connectivity index (χ2v) is 6.63. The van der Waals surface area contributed by atoms with Gasteiger partial charge in [-0.3, -0.25) is 4.79 Å². The van der Waals surface area contributed by atoms with Gasteiger partial charge in [0, 0.05) is 24.1 Å². The third-order valence-electron chi connectivity index (χ3n) is 4.65. The number of aromatic amines is 1. The van der Waals surface area contributed by atoms with Crippen molar-refractivity contribution in [2.45, 2.75) is 57.9 Å². The van der Waals surface area contributed by atoms with Crippen molar-refractivity contribution < 1.29 is 4.79 Å². The first-order chi connectivity index (χ1) is 11.2. The Morgan fingerprint density at radius 3 is 2.88 bits per heavy atom. The lowest BCUT2D eigenvalue weighted by atomic mass is 9.85. The van der Waals surface area contributed by atoms with Crippen LogP contribution >= 0.6 is 24.8 Å². The number of carbonyl (C=O) groups excluding carboxylic acids is 1. The summed E-state index contributed by atoms with van der Waals surface area (Å²) in [5.74, 6) is 1.14. The van der Waals surface area contributed by atoms with Gasteiger partial charge in [0.1, 0.15) is 5.82 Å². The average molecular weight is 387 g/mol. The zero-order valence-corrected chi connectivity index (χ0v) is 16.2. The number of nitrogens with one attached hydrogen (secondary N) is 2. The Labute approximate surface area is 161 Å². The fourth-order valence-corrected chi connectivity index (χ4v) is 3.31. The molecule has 4 N–H and O–H groups in total. The molecule has 140 valence electrons. The van der Waals surface area contributed by atoms with Crippen molar-refractivity contribution in [2.24, 2.45) is 11.7 Å². The fourth-order valence-electron chi connectivity index (χ4n) is 3.31. The van der Waals surface area contributed by atoms with Gasteiger partial charge >= 0.3 is 0 Å². The van der Waals surface area contributed by atoms with Crippen LogP contribution in [0.2, 0.25) is 0 Å². The van der Waals surface area contributed by atoms with E-state index < -0.39 is 0 Å². The summed E-state index contributed by atoms with van der Waals surface area (Å²) in [5.41, 5.74) is 8.74. The molecule has 1 aliphatic carbocycles. The van der Waals surface area contributed by atoms with Gasteiger partial charge in [0.2, 0.25) is 5.91 Å². The molecule has 1 aromatic heterocycles. The van der Waals surface area contributed by atoms with E-state index in [1.807, 2.05) is 18.2 Å². The molecule has 3 rings (SSSR count).